The Kier molecular flexibility index (Phi) is 5.66. The van der Waals surface area contributed by atoms with E-state index in [1.165, 1.54) is 23.1 Å². The molecular weight excluding hydrogens is 300 g/mol. The maximum absolute atomic E-state index is 12.4. The van der Waals surface area contributed by atoms with Crippen LogP contribution in [0.2, 0.25) is 5.02 Å². The molecule has 7 nitrogen and oxygen atoms in total. The zero-order valence-corrected chi connectivity index (χ0v) is 12.3. The van der Waals surface area contributed by atoms with E-state index in [0.717, 1.165) is 0 Å². The van der Waals surface area contributed by atoms with Crippen LogP contribution in [0, 0.1) is 10.1 Å². The van der Waals surface area contributed by atoms with Crippen molar-refractivity contribution < 1.29 is 19.6 Å². The molecule has 0 fully saturated rings. The molecule has 0 atom stereocenters. The van der Waals surface area contributed by atoms with Crippen molar-refractivity contribution in [3.63, 3.8) is 0 Å². The smallest absolute Gasteiger partial charge is 0.305 e. The summed E-state index contributed by atoms with van der Waals surface area (Å²) in [5.41, 5.74) is -0.614. The van der Waals surface area contributed by atoms with E-state index in [1.54, 1.807) is 13.8 Å². The molecule has 0 aliphatic heterocycles. The molecule has 0 saturated heterocycles. The normalized spacial score (nSPS) is 10.5. The van der Waals surface area contributed by atoms with Gasteiger partial charge in [-0.05, 0) is 26.0 Å². The van der Waals surface area contributed by atoms with Crippen molar-refractivity contribution in [3.8, 4) is 0 Å². The van der Waals surface area contributed by atoms with Gasteiger partial charge in [-0.25, -0.2) is 0 Å². The van der Waals surface area contributed by atoms with E-state index in [1.807, 2.05) is 0 Å². The quantitative estimate of drug-likeness (QED) is 0.642. The molecule has 0 saturated carbocycles. The number of benzene rings is 1. The summed E-state index contributed by atoms with van der Waals surface area (Å²) in [6.45, 7) is 3.38. The predicted molar refractivity (Wildman–Crippen MR) is 76.5 cm³/mol. The number of halogens is 1. The molecule has 0 heterocycles. The van der Waals surface area contributed by atoms with Gasteiger partial charge in [-0.15, -0.1) is 0 Å². The number of carboxylic acids is 1. The summed E-state index contributed by atoms with van der Waals surface area (Å²) < 4.78 is 0. The number of nitro groups is 1. The highest BCUT2D eigenvalue weighted by molar-refractivity contribution is 6.33. The van der Waals surface area contributed by atoms with E-state index in [-0.39, 0.29) is 29.6 Å². The van der Waals surface area contributed by atoms with E-state index < -0.39 is 22.5 Å². The molecule has 114 valence electrons. The van der Waals surface area contributed by atoms with Gasteiger partial charge < -0.3 is 10.0 Å². The topological polar surface area (TPSA) is 101 Å². The summed E-state index contributed by atoms with van der Waals surface area (Å²) in [7, 11) is 0. The highest BCUT2D eigenvalue weighted by atomic mass is 35.5. The van der Waals surface area contributed by atoms with Crippen molar-refractivity contribution in [2.45, 2.75) is 26.3 Å². The summed E-state index contributed by atoms with van der Waals surface area (Å²) in [5, 5.41) is 19.6. The van der Waals surface area contributed by atoms with Gasteiger partial charge >= 0.3 is 11.7 Å². The second-order valence-electron chi connectivity index (χ2n) is 4.63. The summed E-state index contributed by atoms with van der Waals surface area (Å²) >= 11 is 5.77. The largest absolute Gasteiger partial charge is 0.481 e. The highest BCUT2D eigenvalue weighted by Crippen LogP contribution is 2.29. The molecular formula is C13H15ClN2O5. The standard InChI is InChI=1S/C13H15ClN2O5/c1-8(2)15(7-6-11(17)18)13(19)9-4-3-5-10(14)12(9)16(20)21/h3-5,8H,6-7H2,1-2H3,(H,17,18). The minimum absolute atomic E-state index is 0.0322. The fraction of sp³-hybridized carbons (Fsp3) is 0.385. The molecule has 1 amide bonds. The Balaban J connectivity index is 3.18. The van der Waals surface area contributed by atoms with Gasteiger partial charge in [0.15, 0.2) is 0 Å². The van der Waals surface area contributed by atoms with Gasteiger partial charge in [0, 0.05) is 12.6 Å². The summed E-state index contributed by atoms with van der Waals surface area (Å²) in [6, 6.07) is 3.78. The monoisotopic (exact) mass is 314 g/mol. The number of carbonyl (C=O) groups excluding carboxylic acids is 1. The van der Waals surface area contributed by atoms with Crippen LogP contribution in [0.3, 0.4) is 0 Å². The minimum Gasteiger partial charge on any atom is -0.481 e. The summed E-state index contributed by atoms with van der Waals surface area (Å²) in [4.78, 5) is 34.7. The Morgan fingerprint density at radius 2 is 2.05 bits per heavy atom. The minimum atomic E-state index is -1.05. The van der Waals surface area contributed by atoms with Crippen LogP contribution in [-0.4, -0.2) is 39.4 Å². The van der Waals surface area contributed by atoms with Crippen LogP contribution in [0.5, 0.6) is 0 Å². The van der Waals surface area contributed by atoms with Crippen molar-refractivity contribution >= 4 is 29.2 Å². The first-order valence-corrected chi connectivity index (χ1v) is 6.59. The van der Waals surface area contributed by atoms with Crippen molar-refractivity contribution in [1.82, 2.24) is 4.90 Å². The zero-order valence-electron chi connectivity index (χ0n) is 11.6. The lowest BCUT2D eigenvalue weighted by molar-refractivity contribution is -0.385. The Labute approximate surface area is 126 Å². The lowest BCUT2D eigenvalue weighted by atomic mass is 10.1. The zero-order chi connectivity index (χ0) is 16.2. The Bertz CT molecular complexity index is 574. The number of nitrogens with zero attached hydrogens (tertiary/aromatic N) is 2. The lowest BCUT2D eigenvalue weighted by Gasteiger charge is -2.26. The van der Waals surface area contributed by atoms with Gasteiger partial charge in [0.05, 0.1) is 11.3 Å². The SMILES string of the molecule is CC(C)N(CCC(=O)O)C(=O)c1cccc(Cl)c1[N+](=O)[O-]. The predicted octanol–water partition coefficient (Wildman–Crippen LogP) is 2.57. The molecule has 1 rings (SSSR count). The molecule has 0 bridgehead atoms. The van der Waals surface area contributed by atoms with Crippen LogP contribution in [0.1, 0.15) is 30.6 Å². The van der Waals surface area contributed by atoms with Crippen LogP contribution >= 0.6 is 11.6 Å². The first kappa shape index (κ1) is 16.9. The molecule has 0 radical (unpaired) electrons. The maximum Gasteiger partial charge on any atom is 0.305 e. The van der Waals surface area contributed by atoms with Gasteiger partial charge in [-0.3, -0.25) is 19.7 Å². The van der Waals surface area contributed by atoms with E-state index in [0.29, 0.717) is 0 Å². The van der Waals surface area contributed by atoms with E-state index >= 15 is 0 Å². The lowest BCUT2D eigenvalue weighted by Crippen LogP contribution is -2.38. The van der Waals surface area contributed by atoms with Crippen LogP contribution < -0.4 is 0 Å². The van der Waals surface area contributed by atoms with Gasteiger partial charge in [0.1, 0.15) is 10.6 Å². The van der Waals surface area contributed by atoms with Crippen LogP contribution in [0.4, 0.5) is 5.69 Å². The van der Waals surface area contributed by atoms with Crippen LogP contribution in [0.15, 0.2) is 18.2 Å². The highest BCUT2D eigenvalue weighted by Gasteiger charge is 2.28. The first-order valence-electron chi connectivity index (χ1n) is 6.21. The van der Waals surface area contributed by atoms with Crippen molar-refractivity contribution in [3.05, 3.63) is 38.9 Å². The van der Waals surface area contributed by atoms with E-state index in [2.05, 4.69) is 0 Å². The number of carboxylic acid groups (broad SMARTS) is 1. The van der Waals surface area contributed by atoms with E-state index in [4.69, 9.17) is 16.7 Å². The average Bonchev–Trinajstić information content (AvgIpc) is 2.37. The molecule has 8 heteroatoms. The first-order chi connectivity index (χ1) is 9.75. The number of carbonyl (C=O) groups is 2. The van der Waals surface area contributed by atoms with Gasteiger partial charge in [0.2, 0.25) is 0 Å². The van der Waals surface area contributed by atoms with Crippen molar-refractivity contribution in [1.29, 1.82) is 0 Å². The second kappa shape index (κ2) is 7.03. The molecule has 1 aromatic carbocycles. The Morgan fingerprint density at radius 1 is 1.43 bits per heavy atom. The third-order valence-electron chi connectivity index (χ3n) is 2.85. The molecule has 1 aromatic rings. The third-order valence-corrected chi connectivity index (χ3v) is 3.16. The average molecular weight is 315 g/mol. The summed E-state index contributed by atoms with van der Waals surface area (Å²) in [6.07, 6.45) is -0.238. The second-order valence-corrected chi connectivity index (χ2v) is 5.04. The number of amides is 1. The number of nitro benzene ring substituents is 1. The maximum atomic E-state index is 12.4. The van der Waals surface area contributed by atoms with Crippen LogP contribution in [0.25, 0.3) is 0 Å². The van der Waals surface area contributed by atoms with Gasteiger partial charge in [0.25, 0.3) is 5.91 Å². The fourth-order valence-electron chi connectivity index (χ4n) is 1.84. The molecule has 1 N–H and O–H groups in total. The molecule has 21 heavy (non-hydrogen) atoms. The number of para-hydroxylation sites is 1. The summed E-state index contributed by atoms with van der Waals surface area (Å²) in [5.74, 6) is -1.66. The number of aliphatic carboxylic acids is 1. The van der Waals surface area contributed by atoms with Gasteiger partial charge in [-0.2, -0.15) is 0 Å². The van der Waals surface area contributed by atoms with Gasteiger partial charge in [-0.1, -0.05) is 17.7 Å². The Morgan fingerprint density at radius 3 is 2.52 bits per heavy atom. The number of hydrogen-bond acceptors (Lipinski definition) is 4. The Hall–Kier alpha value is -2.15. The van der Waals surface area contributed by atoms with Crippen molar-refractivity contribution in [2.75, 3.05) is 6.54 Å². The number of hydrogen-bond donors (Lipinski definition) is 1. The number of rotatable bonds is 6. The fourth-order valence-corrected chi connectivity index (χ4v) is 2.08. The third kappa shape index (κ3) is 4.16. The van der Waals surface area contributed by atoms with Crippen molar-refractivity contribution in [2.24, 2.45) is 0 Å². The van der Waals surface area contributed by atoms with E-state index in [9.17, 15) is 19.7 Å². The van der Waals surface area contributed by atoms with Crippen LogP contribution in [-0.2, 0) is 4.79 Å². The molecule has 0 aliphatic rings. The molecule has 0 aromatic heterocycles. The molecule has 0 spiro atoms. The molecule has 0 unspecified atom stereocenters. The molecule has 0 aliphatic carbocycles.